The zero-order chi connectivity index (χ0) is 28.1. The SMILES string of the molecule is COc1cc2c(c(OC)c1)C(CCc1ccc(F)c(F)c1)N(CCNC(=O)Nc1ccnc3ccccc13)CC2. The lowest BCUT2D eigenvalue weighted by atomic mass is 9.87. The molecule has 0 bridgehead atoms. The number of aryl methyl sites for hydroxylation is 1. The molecule has 2 N–H and O–H groups in total. The van der Waals surface area contributed by atoms with Crippen LogP contribution in [0.5, 0.6) is 11.5 Å². The third kappa shape index (κ3) is 5.99. The molecule has 0 spiro atoms. The van der Waals surface area contributed by atoms with E-state index in [9.17, 15) is 13.6 Å². The van der Waals surface area contributed by atoms with Crippen molar-refractivity contribution in [3.63, 3.8) is 0 Å². The summed E-state index contributed by atoms with van der Waals surface area (Å²) in [4.78, 5) is 19.4. The number of anilines is 1. The van der Waals surface area contributed by atoms with E-state index in [0.717, 1.165) is 58.1 Å². The Bertz CT molecular complexity index is 1490. The number of ether oxygens (including phenoxy) is 2. The highest BCUT2D eigenvalue weighted by atomic mass is 19.2. The summed E-state index contributed by atoms with van der Waals surface area (Å²) in [5.41, 5.74) is 4.42. The van der Waals surface area contributed by atoms with E-state index in [2.05, 4.69) is 20.5 Å². The third-order valence-electron chi connectivity index (χ3n) is 7.37. The molecule has 1 aliphatic rings. The standard InChI is InChI=1S/C31H32F2N4O3/c1-39-22-18-21-12-15-37(16-14-35-31(38)36-27-11-13-34-26-6-4-3-5-23(26)27)28(30(21)29(19-22)40-2)10-8-20-7-9-24(32)25(33)17-20/h3-7,9,11,13,17-19,28H,8,10,12,14-16H2,1-2H3,(H2,34,35,36,38). The van der Waals surface area contributed by atoms with Crippen LogP contribution >= 0.6 is 0 Å². The van der Waals surface area contributed by atoms with Crippen molar-refractivity contribution >= 4 is 22.6 Å². The molecule has 0 fully saturated rings. The number of pyridine rings is 1. The van der Waals surface area contributed by atoms with Gasteiger partial charge < -0.3 is 20.1 Å². The van der Waals surface area contributed by atoms with Gasteiger partial charge in [-0.15, -0.1) is 0 Å². The monoisotopic (exact) mass is 546 g/mol. The Kier molecular flexibility index (Phi) is 8.40. The van der Waals surface area contributed by atoms with Gasteiger partial charge in [0.1, 0.15) is 11.5 Å². The molecule has 4 aromatic rings. The molecule has 1 unspecified atom stereocenters. The number of methoxy groups -OCH3 is 2. The lowest BCUT2D eigenvalue weighted by Crippen LogP contribution is -2.42. The fourth-order valence-corrected chi connectivity index (χ4v) is 5.41. The molecule has 7 nitrogen and oxygen atoms in total. The molecule has 208 valence electrons. The quantitative estimate of drug-likeness (QED) is 0.274. The van der Waals surface area contributed by atoms with Gasteiger partial charge in [0.15, 0.2) is 11.6 Å². The molecule has 3 aromatic carbocycles. The normalized spacial score (nSPS) is 14.9. The highest BCUT2D eigenvalue weighted by Crippen LogP contribution is 2.41. The summed E-state index contributed by atoms with van der Waals surface area (Å²) < 4.78 is 38.6. The predicted molar refractivity (Wildman–Crippen MR) is 151 cm³/mol. The first-order valence-electron chi connectivity index (χ1n) is 13.3. The number of urea groups is 1. The van der Waals surface area contributed by atoms with Gasteiger partial charge in [-0.05, 0) is 60.7 Å². The van der Waals surface area contributed by atoms with Crippen molar-refractivity contribution < 1.29 is 23.0 Å². The third-order valence-corrected chi connectivity index (χ3v) is 7.37. The summed E-state index contributed by atoms with van der Waals surface area (Å²) in [6.45, 7) is 1.79. The summed E-state index contributed by atoms with van der Waals surface area (Å²) in [7, 11) is 3.26. The molecule has 40 heavy (non-hydrogen) atoms. The minimum atomic E-state index is -0.855. The number of aromatic nitrogens is 1. The van der Waals surface area contributed by atoms with Crippen LogP contribution in [0.2, 0.25) is 0 Å². The Labute approximate surface area is 232 Å². The number of nitrogens with one attached hydrogen (secondary N) is 2. The minimum absolute atomic E-state index is 0.0493. The average Bonchev–Trinajstić information content (AvgIpc) is 2.97. The second-order valence-corrected chi connectivity index (χ2v) is 9.75. The van der Waals surface area contributed by atoms with Crippen molar-refractivity contribution in [3.8, 4) is 11.5 Å². The van der Waals surface area contributed by atoms with E-state index in [0.29, 0.717) is 31.6 Å². The van der Waals surface area contributed by atoms with E-state index in [1.807, 2.05) is 36.4 Å². The van der Waals surface area contributed by atoms with Crippen LogP contribution < -0.4 is 20.1 Å². The maximum atomic E-state index is 13.9. The lowest BCUT2D eigenvalue weighted by Gasteiger charge is -2.38. The van der Waals surface area contributed by atoms with Crippen LogP contribution in [0.15, 0.2) is 66.9 Å². The molecule has 1 aromatic heterocycles. The van der Waals surface area contributed by atoms with Crippen LogP contribution in [0.4, 0.5) is 19.3 Å². The Morgan fingerprint density at radius 3 is 2.70 bits per heavy atom. The number of fused-ring (bicyclic) bond motifs is 2. The van der Waals surface area contributed by atoms with Crippen molar-refractivity contribution in [2.75, 3.05) is 39.2 Å². The van der Waals surface area contributed by atoms with Crippen LogP contribution in [-0.2, 0) is 12.8 Å². The van der Waals surface area contributed by atoms with E-state index >= 15 is 0 Å². The molecule has 1 atom stereocenters. The number of halogens is 2. The summed E-state index contributed by atoms with van der Waals surface area (Å²) in [6, 6.07) is 17.0. The van der Waals surface area contributed by atoms with Crippen molar-refractivity contribution in [2.45, 2.75) is 25.3 Å². The molecule has 0 saturated heterocycles. The van der Waals surface area contributed by atoms with E-state index < -0.39 is 11.6 Å². The number of carbonyl (C=O) groups excluding carboxylic acids is 1. The average molecular weight is 547 g/mol. The number of para-hydroxylation sites is 1. The summed E-state index contributed by atoms with van der Waals surface area (Å²) in [5.74, 6) is -0.251. The zero-order valence-corrected chi connectivity index (χ0v) is 22.5. The predicted octanol–water partition coefficient (Wildman–Crippen LogP) is 5.88. The van der Waals surface area contributed by atoms with Crippen LogP contribution in [0.25, 0.3) is 10.9 Å². The van der Waals surface area contributed by atoms with Crippen LogP contribution in [0.1, 0.15) is 29.2 Å². The lowest BCUT2D eigenvalue weighted by molar-refractivity contribution is 0.172. The first kappa shape index (κ1) is 27.3. The number of rotatable bonds is 9. The number of hydrogen-bond donors (Lipinski definition) is 2. The number of carbonyl (C=O) groups is 1. The molecule has 0 radical (unpaired) electrons. The Hall–Kier alpha value is -4.24. The van der Waals surface area contributed by atoms with Gasteiger partial charge in [0.25, 0.3) is 0 Å². The topological polar surface area (TPSA) is 75.7 Å². The Morgan fingerprint density at radius 1 is 1.05 bits per heavy atom. The molecule has 2 heterocycles. The maximum absolute atomic E-state index is 13.9. The van der Waals surface area contributed by atoms with Gasteiger partial charge in [-0.2, -0.15) is 0 Å². The molecule has 1 aliphatic heterocycles. The van der Waals surface area contributed by atoms with Gasteiger partial charge in [-0.25, -0.2) is 13.6 Å². The number of amides is 2. The Morgan fingerprint density at radius 2 is 1.90 bits per heavy atom. The summed E-state index contributed by atoms with van der Waals surface area (Å²) in [5, 5.41) is 6.76. The van der Waals surface area contributed by atoms with Crippen LogP contribution in [-0.4, -0.2) is 49.8 Å². The van der Waals surface area contributed by atoms with Crippen molar-refractivity contribution in [1.29, 1.82) is 0 Å². The van der Waals surface area contributed by atoms with Crippen molar-refractivity contribution in [3.05, 3.63) is 95.2 Å². The van der Waals surface area contributed by atoms with Gasteiger partial charge in [-0.3, -0.25) is 9.88 Å². The van der Waals surface area contributed by atoms with Crippen LogP contribution in [0, 0.1) is 11.6 Å². The molecule has 5 rings (SSSR count). The van der Waals surface area contributed by atoms with Crippen LogP contribution in [0.3, 0.4) is 0 Å². The van der Waals surface area contributed by atoms with Gasteiger partial charge >= 0.3 is 6.03 Å². The number of hydrogen-bond acceptors (Lipinski definition) is 5. The number of nitrogens with zero attached hydrogens (tertiary/aromatic N) is 2. The van der Waals surface area contributed by atoms with E-state index in [-0.39, 0.29) is 12.1 Å². The van der Waals surface area contributed by atoms with E-state index in [1.165, 1.54) is 6.07 Å². The Balaban J connectivity index is 1.30. The molecular weight excluding hydrogens is 514 g/mol. The van der Waals surface area contributed by atoms with Gasteiger partial charge in [0.05, 0.1) is 25.4 Å². The first-order chi connectivity index (χ1) is 19.5. The molecule has 0 aliphatic carbocycles. The highest BCUT2D eigenvalue weighted by Gasteiger charge is 2.31. The molecule has 0 saturated carbocycles. The maximum Gasteiger partial charge on any atom is 0.319 e. The van der Waals surface area contributed by atoms with Crippen molar-refractivity contribution in [1.82, 2.24) is 15.2 Å². The smallest absolute Gasteiger partial charge is 0.319 e. The van der Waals surface area contributed by atoms with Crippen molar-refractivity contribution in [2.24, 2.45) is 0 Å². The summed E-state index contributed by atoms with van der Waals surface area (Å²) in [6.07, 6.45) is 3.68. The fourth-order valence-electron chi connectivity index (χ4n) is 5.41. The number of benzene rings is 3. The second-order valence-electron chi connectivity index (χ2n) is 9.75. The molecule has 2 amide bonds. The zero-order valence-electron chi connectivity index (χ0n) is 22.5. The highest BCUT2D eigenvalue weighted by molar-refractivity contribution is 6.00. The fraction of sp³-hybridized carbons (Fsp3) is 0.290. The molecule has 9 heteroatoms. The largest absolute Gasteiger partial charge is 0.497 e. The van der Waals surface area contributed by atoms with Gasteiger partial charge in [0.2, 0.25) is 0 Å². The van der Waals surface area contributed by atoms with E-state index in [4.69, 9.17) is 9.47 Å². The summed E-state index contributed by atoms with van der Waals surface area (Å²) >= 11 is 0. The van der Waals surface area contributed by atoms with Gasteiger partial charge in [0, 0.05) is 48.9 Å². The second kappa shape index (κ2) is 12.3. The first-order valence-corrected chi connectivity index (χ1v) is 13.3. The minimum Gasteiger partial charge on any atom is -0.497 e. The molecular formula is C31H32F2N4O3. The van der Waals surface area contributed by atoms with E-state index in [1.54, 1.807) is 32.5 Å². The van der Waals surface area contributed by atoms with Gasteiger partial charge in [-0.1, -0.05) is 24.3 Å².